The van der Waals surface area contributed by atoms with Gasteiger partial charge in [-0.2, -0.15) is 8.42 Å². The molecular weight excluding hydrogens is 249 g/mol. The maximum Gasteiger partial charge on any atom is 0.312 e. The lowest BCUT2D eigenvalue weighted by Gasteiger charge is -2.12. The van der Waals surface area contributed by atoms with Gasteiger partial charge in [-0.05, 0) is 17.8 Å². The Morgan fingerprint density at radius 3 is 2.50 bits per heavy atom. The van der Waals surface area contributed by atoms with E-state index in [2.05, 4.69) is 11.2 Å². The molecule has 18 heavy (non-hydrogen) atoms. The molecule has 1 N–H and O–H groups in total. The van der Waals surface area contributed by atoms with E-state index in [0.29, 0.717) is 0 Å². The fraction of sp³-hybridized carbons (Fsp3) is 0.167. The van der Waals surface area contributed by atoms with Crippen molar-refractivity contribution in [2.45, 2.75) is 6.61 Å². The SMILES string of the molecule is CS(=O)(=O)OCc1ccc(B2C=CC=CN2)cc1. The van der Waals surface area contributed by atoms with E-state index in [-0.39, 0.29) is 13.5 Å². The number of allylic oxidation sites excluding steroid dienone is 2. The number of benzene rings is 1. The van der Waals surface area contributed by atoms with E-state index in [1.165, 1.54) is 0 Å². The highest BCUT2D eigenvalue weighted by Crippen LogP contribution is 2.03. The normalized spacial score (nSPS) is 14.6. The summed E-state index contributed by atoms with van der Waals surface area (Å²) in [7, 11) is -3.39. The largest absolute Gasteiger partial charge is 0.427 e. The minimum atomic E-state index is -3.39. The predicted molar refractivity (Wildman–Crippen MR) is 72.9 cm³/mol. The van der Waals surface area contributed by atoms with Crippen molar-refractivity contribution in [2.75, 3.05) is 6.26 Å². The fourth-order valence-corrected chi connectivity index (χ4v) is 2.00. The lowest BCUT2D eigenvalue weighted by molar-refractivity contribution is 0.312. The average Bonchev–Trinajstić information content (AvgIpc) is 2.37. The summed E-state index contributed by atoms with van der Waals surface area (Å²) in [4.78, 5) is 0. The molecular formula is C12H14BNO3S. The van der Waals surface area contributed by atoms with Gasteiger partial charge in [0, 0.05) is 0 Å². The highest BCUT2D eigenvalue weighted by molar-refractivity contribution is 7.85. The molecule has 1 aliphatic rings. The molecule has 4 nitrogen and oxygen atoms in total. The number of hydrogen-bond acceptors (Lipinski definition) is 4. The fourth-order valence-electron chi connectivity index (χ4n) is 1.65. The van der Waals surface area contributed by atoms with Crippen molar-refractivity contribution in [1.82, 2.24) is 5.23 Å². The molecule has 0 unspecified atom stereocenters. The van der Waals surface area contributed by atoms with Crippen molar-refractivity contribution in [1.29, 1.82) is 0 Å². The Hall–Kier alpha value is -1.53. The molecule has 6 heteroatoms. The van der Waals surface area contributed by atoms with Crippen LogP contribution in [0.2, 0.25) is 0 Å². The number of nitrogens with one attached hydrogen (secondary N) is 1. The van der Waals surface area contributed by atoms with E-state index >= 15 is 0 Å². The minimum Gasteiger partial charge on any atom is -0.427 e. The summed E-state index contributed by atoms with van der Waals surface area (Å²) in [6.45, 7) is 0.243. The van der Waals surface area contributed by atoms with Crippen LogP contribution < -0.4 is 10.7 Å². The van der Waals surface area contributed by atoms with Crippen LogP contribution in [-0.2, 0) is 20.9 Å². The summed E-state index contributed by atoms with van der Waals surface area (Å²) in [5, 5.41) is 3.22. The van der Waals surface area contributed by atoms with Gasteiger partial charge in [0.25, 0.3) is 10.1 Å². The Morgan fingerprint density at radius 2 is 1.94 bits per heavy atom. The molecule has 1 aliphatic heterocycles. The first-order chi connectivity index (χ1) is 8.54. The molecule has 0 atom stereocenters. The Bertz CT molecular complexity index is 563. The number of rotatable bonds is 4. The first-order valence-corrected chi connectivity index (χ1v) is 7.39. The highest BCUT2D eigenvalue weighted by atomic mass is 32.2. The lowest BCUT2D eigenvalue weighted by Crippen LogP contribution is -2.41. The lowest BCUT2D eigenvalue weighted by atomic mass is 9.55. The quantitative estimate of drug-likeness (QED) is 0.637. The van der Waals surface area contributed by atoms with Crippen LogP contribution >= 0.6 is 0 Å². The second-order valence-electron chi connectivity index (χ2n) is 4.10. The van der Waals surface area contributed by atoms with Crippen molar-refractivity contribution in [3.05, 3.63) is 54.2 Å². The van der Waals surface area contributed by atoms with Crippen molar-refractivity contribution in [3.8, 4) is 0 Å². The Morgan fingerprint density at radius 1 is 1.22 bits per heavy atom. The molecule has 0 saturated heterocycles. The van der Waals surface area contributed by atoms with Gasteiger partial charge in [0.15, 0.2) is 0 Å². The van der Waals surface area contributed by atoms with Crippen molar-refractivity contribution in [3.63, 3.8) is 0 Å². The van der Waals surface area contributed by atoms with E-state index < -0.39 is 10.1 Å². The van der Waals surface area contributed by atoms with Gasteiger partial charge in [0.1, 0.15) is 0 Å². The molecule has 0 aliphatic carbocycles. The van der Waals surface area contributed by atoms with E-state index in [4.69, 9.17) is 4.18 Å². The van der Waals surface area contributed by atoms with Crippen LogP contribution in [0, 0.1) is 0 Å². The van der Waals surface area contributed by atoms with Crippen molar-refractivity contribution >= 4 is 22.4 Å². The van der Waals surface area contributed by atoms with E-state index in [1.54, 1.807) is 0 Å². The van der Waals surface area contributed by atoms with Crippen LogP contribution in [0.4, 0.5) is 0 Å². The molecule has 1 aromatic rings. The van der Waals surface area contributed by atoms with Crippen molar-refractivity contribution < 1.29 is 12.6 Å². The predicted octanol–water partition coefficient (Wildman–Crippen LogP) is 0.574. The minimum absolute atomic E-state index is 0.0763. The average molecular weight is 263 g/mol. The van der Waals surface area contributed by atoms with E-state index in [0.717, 1.165) is 17.3 Å². The van der Waals surface area contributed by atoms with E-state index in [1.807, 2.05) is 42.6 Å². The van der Waals surface area contributed by atoms with Gasteiger partial charge in [0.2, 0.25) is 0 Å². The Balaban J connectivity index is 2.01. The van der Waals surface area contributed by atoms with Crippen LogP contribution in [-0.4, -0.2) is 21.5 Å². The second kappa shape index (κ2) is 5.41. The van der Waals surface area contributed by atoms with Gasteiger partial charge in [-0.1, -0.05) is 41.8 Å². The molecule has 0 fully saturated rings. The molecule has 0 radical (unpaired) electrons. The third-order valence-electron chi connectivity index (χ3n) is 2.57. The maximum absolute atomic E-state index is 10.9. The number of hydrogen-bond donors (Lipinski definition) is 1. The Labute approximate surface area is 108 Å². The molecule has 1 heterocycles. The summed E-state index contributed by atoms with van der Waals surface area (Å²) >= 11 is 0. The highest BCUT2D eigenvalue weighted by Gasteiger charge is 2.13. The van der Waals surface area contributed by atoms with Crippen LogP contribution in [0.15, 0.2) is 48.6 Å². The van der Waals surface area contributed by atoms with Gasteiger partial charge in [-0.3, -0.25) is 4.18 Å². The molecule has 2 rings (SSSR count). The molecule has 0 amide bonds. The smallest absolute Gasteiger partial charge is 0.312 e. The third-order valence-corrected chi connectivity index (χ3v) is 3.11. The standard InChI is InChI=1S/C12H14BNO3S/c1-18(15,16)17-10-11-4-6-12(7-5-11)13-8-2-3-9-14-13/h2-9,14H,10H2,1H3. The first-order valence-electron chi connectivity index (χ1n) is 5.57. The van der Waals surface area contributed by atoms with Crippen molar-refractivity contribution in [2.24, 2.45) is 0 Å². The first kappa shape index (κ1) is 12.9. The molecule has 1 aromatic carbocycles. The summed E-state index contributed by atoms with van der Waals surface area (Å²) in [5.41, 5.74) is 1.96. The molecule has 0 saturated carbocycles. The van der Waals surface area contributed by atoms with Crippen LogP contribution in [0.5, 0.6) is 0 Å². The summed E-state index contributed by atoms with van der Waals surface area (Å²) < 4.78 is 26.5. The zero-order valence-electron chi connectivity index (χ0n) is 10.0. The topological polar surface area (TPSA) is 55.4 Å². The zero-order chi connectivity index (χ0) is 13.0. The zero-order valence-corrected chi connectivity index (χ0v) is 10.9. The maximum atomic E-state index is 10.9. The van der Waals surface area contributed by atoms with Crippen LogP contribution in [0.25, 0.3) is 0 Å². The van der Waals surface area contributed by atoms with E-state index in [9.17, 15) is 8.42 Å². The monoisotopic (exact) mass is 263 g/mol. The second-order valence-corrected chi connectivity index (χ2v) is 5.74. The molecule has 0 aromatic heterocycles. The van der Waals surface area contributed by atoms with Crippen LogP contribution in [0.3, 0.4) is 0 Å². The van der Waals surface area contributed by atoms with Gasteiger partial charge < -0.3 is 5.23 Å². The molecule has 94 valence electrons. The molecule has 0 spiro atoms. The van der Waals surface area contributed by atoms with Gasteiger partial charge in [0.05, 0.1) is 12.9 Å². The van der Waals surface area contributed by atoms with Gasteiger partial charge in [-0.15, -0.1) is 0 Å². The summed E-state index contributed by atoms with van der Waals surface area (Å²) in [5.74, 6) is 2.06. The van der Waals surface area contributed by atoms with Gasteiger partial charge >= 0.3 is 6.85 Å². The molecule has 0 bridgehead atoms. The summed E-state index contributed by atoms with van der Waals surface area (Å²) in [6.07, 6.45) is 6.86. The third kappa shape index (κ3) is 3.75. The van der Waals surface area contributed by atoms with Crippen LogP contribution in [0.1, 0.15) is 5.56 Å². The van der Waals surface area contributed by atoms with Gasteiger partial charge in [-0.25, -0.2) is 0 Å². The Kier molecular flexibility index (Phi) is 3.89. The summed E-state index contributed by atoms with van der Waals surface area (Å²) in [6, 6.07) is 7.66.